The van der Waals surface area contributed by atoms with Crippen LogP contribution in [0.2, 0.25) is 0 Å². The van der Waals surface area contributed by atoms with Gasteiger partial charge in [0.1, 0.15) is 0 Å². The number of fused-ring (bicyclic) bond motifs is 1. The molecule has 0 bridgehead atoms. The summed E-state index contributed by atoms with van der Waals surface area (Å²) in [5.74, 6) is 1.03. The van der Waals surface area contributed by atoms with Crippen LogP contribution in [0.5, 0.6) is 11.5 Å². The summed E-state index contributed by atoms with van der Waals surface area (Å²) in [7, 11) is 1.70. The maximum Gasteiger partial charge on any atom is 0.257 e. The number of aryl methyl sites for hydroxylation is 1. The molecule has 3 heterocycles. The minimum atomic E-state index is -0.296. The molecule has 13 heteroatoms. The van der Waals surface area contributed by atoms with Crippen molar-refractivity contribution in [2.75, 3.05) is 23.2 Å². The highest BCUT2D eigenvalue weighted by atomic mass is 32.2. The SMILES string of the molecule is Cn1nnnc1SCC(=O)Nc1ccc(C(=O)Nc2nc(-c3ccc4c(c3)OCO4)cs2)cc1. The zero-order valence-corrected chi connectivity index (χ0v) is 19.4. The zero-order chi connectivity index (χ0) is 23.5. The van der Waals surface area contributed by atoms with E-state index in [4.69, 9.17) is 9.47 Å². The molecular weight excluding hydrogens is 478 g/mol. The molecule has 0 unspecified atom stereocenters. The van der Waals surface area contributed by atoms with Crippen LogP contribution in [-0.4, -0.2) is 49.6 Å². The van der Waals surface area contributed by atoms with E-state index in [1.165, 1.54) is 27.8 Å². The molecule has 1 aliphatic rings. The lowest BCUT2D eigenvalue weighted by atomic mass is 10.1. The van der Waals surface area contributed by atoms with E-state index < -0.39 is 0 Å². The second kappa shape index (κ2) is 9.49. The highest BCUT2D eigenvalue weighted by molar-refractivity contribution is 7.99. The molecule has 0 aliphatic carbocycles. The average molecular weight is 496 g/mol. The summed E-state index contributed by atoms with van der Waals surface area (Å²) in [6, 6.07) is 12.2. The molecule has 5 rings (SSSR count). The minimum Gasteiger partial charge on any atom is -0.454 e. The maximum atomic E-state index is 12.6. The normalized spacial score (nSPS) is 11.9. The number of hydrogen-bond donors (Lipinski definition) is 2. The minimum absolute atomic E-state index is 0.159. The van der Waals surface area contributed by atoms with Crippen molar-refractivity contribution in [2.24, 2.45) is 7.05 Å². The van der Waals surface area contributed by atoms with E-state index in [2.05, 4.69) is 31.1 Å². The number of thioether (sulfide) groups is 1. The third-order valence-corrected chi connectivity index (χ3v) is 6.51. The molecule has 0 saturated carbocycles. The Balaban J connectivity index is 1.16. The zero-order valence-electron chi connectivity index (χ0n) is 17.7. The van der Waals surface area contributed by atoms with Crippen LogP contribution in [0, 0.1) is 0 Å². The van der Waals surface area contributed by atoms with E-state index in [1.807, 2.05) is 23.6 Å². The lowest BCUT2D eigenvalue weighted by Gasteiger charge is -2.06. The van der Waals surface area contributed by atoms with Gasteiger partial charge in [-0.3, -0.25) is 14.9 Å². The molecular formula is C21H17N7O4S2. The number of thiazole rings is 1. The lowest BCUT2D eigenvalue weighted by Crippen LogP contribution is -2.15. The van der Waals surface area contributed by atoms with Crippen molar-refractivity contribution in [3.05, 3.63) is 53.4 Å². The highest BCUT2D eigenvalue weighted by Gasteiger charge is 2.16. The topological polar surface area (TPSA) is 133 Å². The van der Waals surface area contributed by atoms with Crippen molar-refractivity contribution in [3.63, 3.8) is 0 Å². The number of carbonyl (C=O) groups excluding carboxylic acids is 2. The average Bonchev–Trinajstić information content (AvgIpc) is 3.59. The van der Waals surface area contributed by atoms with Crippen LogP contribution in [0.4, 0.5) is 10.8 Å². The quantitative estimate of drug-likeness (QED) is 0.371. The molecule has 2 aromatic carbocycles. The molecule has 172 valence electrons. The lowest BCUT2D eigenvalue weighted by molar-refractivity contribution is -0.113. The van der Waals surface area contributed by atoms with E-state index in [1.54, 1.807) is 31.3 Å². The fraction of sp³-hybridized carbons (Fsp3) is 0.143. The van der Waals surface area contributed by atoms with Gasteiger partial charge in [0.25, 0.3) is 5.91 Å². The van der Waals surface area contributed by atoms with Crippen molar-refractivity contribution in [1.82, 2.24) is 25.2 Å². The van der Waals surface area contributed by atoms with Crippen LogP contribution < -0.4 is 20.1 Å². The van der Waals surface area contributed by atoms with E-state index >= 15 is 0 Å². The third kappa shape index (κ3) is 4.84. The molecule has 34 heavy (non-hydrogen) atoms. The Labute approximate surface area is 201 Å². The van der Waals surface area contributed by atoms with Gasteiger partial charge in [-0.15, -0.1) is 16.4 Å². The summed E-state index contributed by atoms with van der Waals surface area (Å²) < 4.78 is 12.2. The van der Waals surface area contributed by atoms with Crippen LogP contribution in [0.3, 0.4) is 0 Å². The van der Waals surface area contributed by atoms with Crippen LogP contribution in [-0.2, 0) is 11.8 Å². The Morgan fingerprint density at radius 3 is 2.74 bits per heavy atom. The van der Waals surface area contributed by atoms with E-state index in [-0.39, 0.29) is 24.4 Å². The Morgan fingerprint density at radius 2 is 1.94 bits per heavy atom. The fourth-order valence-electron chi connectivity index (χ4n) is 3.06. The van der Waals surface area contributed by atoms with Gasteiger partial charge < -0.3 is 14.8 Å². The van der Waals surface area contributed by atoms with E-state index in [0.29, 0.717) is 33.0 Å². The van der Waals surface area contributed by atoms with Crippen molar-refractivity contribution in [3.8, 4) is 22.8 Å². The van der Waals surface area contributed by atoms with Gasteiger partial charge in [-0.2, -0.15) is 0 Å². The molecule has 1 aliphatic heterocycles. The molecule has 2 amide bonds. The molecule has 0 fully saturated rings. The number of amides is 2. The molecule has 2 N–H and O–H groups in total. The van der Waals surface area contributed by atoms with Crippen molar-refractivity contribution >= 4 is 45.7 Å². The number of tetrazole rings is 1. The number of anilines is 2. The first kappa shape index (κ1) is 21.9. The van der Waals surface area contributed by atoms with Crippen LogP contribution in [0.15, 0.2) is 53.0 Å². The van der Waals surface area contributed by atoms with Gasteiger partial charge in [0, 0.05) is 29.2 Å². The monoisotopic (exact) mass is 495 g/mol. The second-order valence-corrected chi connectivity index (χ2v) is 8.86. The highest BCUT2D eigenvalue weighted by Crippen LogP contribution is 2.36. The molecule has 2 aromatic heterocycles. The molecule has 11 nitrogen and oxygen atoms in total. The van der Waals surface area contributed by atoms with Crippen LogP contribution >= 0.6 is 23.1 Å². The number of nitrogens with zero attached hydrogens (tertiary/aromatic N) is 5. The summed E-state index contributed by atoms with van der Waals surface area (Å²) in [6.45, 7) is 0.207. The smallest absolute Gasteiger partial charge is 0.257 e. The number of nitrogens with one attached hydrogen (secondary N) is 2. The van der Waals surface area contributed by atoms with Crippen LogP contribution in [0.1, 0.15) is 10.4 Å². The largest absolute Gasteiger partial charge is 0.454 e. The Kier molecular flexibility index (Phi) is 6.10. The first-order chi connectivity index (χ1) is 16.5. The molecule has 0 atom stereocenters. The summed E-state index contributed by atoms with van der Waals surface area (Å²) in [5, 5.41) is 19.5. The number of hydrogen-bond acceptors (Lipinski definition) is 10. The molecule has 0 spiro atoms. The second-order valence-electron chi connectivity index (χ2n) is 7.06. The van der Waals surface area contributed by atoms with Gasteiger partial charge in [-0.05, 0) is 52.9 Å². The number of aromatic nitrogens is 5. The number of rotatable bonds is 7. The first-order valence-corrected chi connectivity index (χ1v) is 11.8. The summed E-state index contributed by atoms with van der Waals surface area (Å²) in [4.78, 5) is 29.3. The van der Waals surface area contributed by atoms with Gasteiger partial charge >= 0.3 is 0 Å². The molecule has 0 saturated heterocycles. The van der Waals surface area contributed by atoms with E-state index in [9.17, 15) is 9.59 Å². The van der Waals surface area contributed by atoms with Crippen molar-refractivity contribution < 1.29 is 19.1 Å². The summed E-state index contributed by atoms with van der Waals surface area (Å²) in [5.41, 5.74) is 2.62. The predicted octanol–water partition coefficient (Wildman–Crippen LogP) is 3.05. The first-order valence-electron chi connectivity index (χ1n) is 9.97. The van der Waals surface area contributed by atoms with Gasteiger partial charge in [0.15, 0.2) is 16.6 Å². The summed E-state index contributed by atoms with van der Waals surface area (Å²) >= 11 is 2.56. The van der Waals surface area contributed by atoms with Gasteiger partial charge in [0.05, 0.1) is 11.4 Å². The molecule has 0 radical (unpaired) electrons. The van der Waals surface area contributed by atoms with E-state index in [0.717, 1.165) is 11.3 Å². The Hall–Kier alpha value is -3.97. The number of benzene rings is 2. The number of carbonyl (C=O) groups is 2. The van der Waals surface area contributed by atoms with Crippen molar-refractivity contribution in [1.29, 1.82) is 0 Å². The fourth-order valence-corrected chi connectivity index (χ4v) is 4.43. The predicted molar refractivity (Wildman–Crippen MR) is 126 cm³/mol. The van der Waals surface area contributed by atoms with Crippen molar-refractivity contribution in [2.45, 2.75) is 5.16 Å². The van der Waals surface area contributed by atoms with Gasteiger partial charge in [0.2, 0.25) is 17.9 Å². The Bertz CT molecular complexity index is 1350. The van der Waals surface area contributed by atoms with Gasteiger partial charge in [-0.25, -0.2) is 9.67 Å². The third-order valence-electron chi connectivity index (χ3n) is 4.74. The Morgan fingerprint density at radius 1 is 1.12 bits per heavy atom. The summed E-state index contributed by atoms with van der Waals surface area (Å²) in [6.07, 6.45) is 0. The molecule has 4 aromatic rings. The standard InChI is InChI=1S/C21H17N7O4S2/c1-28-21(25-26-27-28)34-10-18(29)22-14-5-2-12(3-6-14)19(30)24-20-23-15(9-33-20)13-4-7-16-17(8-13)32-11-31-16/h2-9H,10-11H2,1H3,(H,22,29)(H,23,24,30). The van der Waals surface area contributed by atoms with Gasteiger partial charge in [-0.1, -0.05) is 11.8 Å². The maximum absolute atomic E-state index is 12.6. The number of ether oxygens (including phenoxy) is 2. The van der Waals surface area contributed by atoms with Crippen LogP contribution in [0.25, 0.3) is 11.3 Å².